The van der Waals surface area contributed by atoms with E-state index < -0.39 is 0 Å². The van der Waals surface area contributed by atoms with E-state index in [1.807, 2.05) is 0 Å². The fraction of sp³-hybridized carbons (Fsp3) is 0.704. The first-order valence-corrected chi connectivity index (χ1v) is 12.7. The maximum atomic E-state index is 12.1. The minimum absolute atomic E-state index is 0.0404. The van der Waals surface area contributed by atoms with Gasteiger partial charge in [0.05, 0.1) is 12.2 Å². The van der Waals surface area contributed by atoms with E-state index in [9.17, 15) is 9.59 Å². The molecule has 31 heavy (non-hydrogen) atoms. The van der Waals surface area contributed by atoms with Gasteiger partial charge in [-0.05, 0) is 37.1 Å². The second-order valence-corrected chi connectivity index (χ2v) is 8.61. The third-order valence-electron chi connectivity index (χ3n) is 5.64. The van der Waals surface area contributed by atoms with Gasteiger partial charge in [0.25, 0.3) is 0 Å². The molecule has 0 aromatic heterocycles. The van der Waals surface area contributed by atoms with E-state index in [4.69, 9.17) is 4.74 Å². The van der Waals surface area contributed by atoms with Crippen LogP contribution in [0.4, 0.5) is 5.69 Å². The fourth-order valence-corrected chi connectivity index (χ4v) is 3.64. The average Bonchev–Trinajstić information content (AvgIpc) is 2.77. The third-order valence-corrected chi connectivity index (χ3v) is 5.64. The molecule has 4 nitrogen and oxygen atoms in total. The van der Waals surface area contributed by atoms with Crippen molar-refractivity contribution in [3.05, 3.63) is 29.8 Å². The third kappa shape index (κ3) is 14.7. The number of esters is 1. The summed E-state index contributed by atoms with van der Waals surface area (Å²) in [5, 5.41) is 2.91. The molecule has 0 aliphatic rings. The minimum atomic E-state index is -0.288. The maximum absolute atomic E-state index is 12.1. The summed E-state index contributed by atoms with van der Waals surface area (Å²) in [5.41, 5.74) is 1.26. The first-order chi connectivity index (χ1) is 15.2. The van der Waals surface area contributed by atoms with Crippen LogP contribution in [0.25, 0.3) is 0 Å². The SMILES string of the molecule is CCCCCCCCCCOC(=O)c1ccc(NC(=O)CCCCCCCCC)cc1. The van der Waals surface area contributed by atoms with Crippen LogP contribution in [0.1, 0.15) is 127 Å². The second-order valence-electron chi connectivity index (χ2n) is 8.61. The van der Waals surface area contributed by atoms with Crippen LogP contribution in [0.3, 0.4) is 0 Å². The van der Waals surface area contributed by atoms with Crippen molar-refractivity contribution in [2.24, 2.45) is 0 Å². The van der Waals surface area contributed by atoms with Gasteiger partial charge in [0.2, 0.25) is 5.91 Å². The van der Waals surface area contributed by atoms with Gasteiger partial charge in [-0.2, -0.15) is 0 Å². The Morgan fingerprint density at radius 1 is 0.677 bits per heavy atom. The number of ether oxygens (including phenoxy) is 1. The highest BCUT2D eigenvalue weighted by Gasteiger charge is 2.08. The summed E-state index contributed by atoms with van der Waals surface area (Å²) in [7, 11) is 0. The van der Waals surface area contributed by atoms with E-state index >= 15 is 0 Å². The minimum Gasteiger partial charge on any atom is -0.462 e. The van der Waals surface area contributed by atoms with Gasteiger partial charge in [-0.15, -0.1) is 0 Å². The Labute approximate surface area is 190 Å². The molecule has 1 aromatic carbocycles. The molecule has 0 aliphatic carbocycles. The highest BCUT2D eigenvalue weighted by atomic mass is 16.5. The maximum Gasteiger partial charge on any atom is 0.338 e. The zero-order chi connectivity index (χ0) is 22.6. The fourth-order valence-electron chi connectivity index (χ4n) is 3.64. The molecular weight excluding hydrogens is 386 g/mol. The number of carbonyl (C=O) groups is 2. The Bertz CT molecular complexity index is 583. The van der Waals surface area contributed by atoms with E-state index in [-0.39, 0.29) is 11.9 Å². The van der Waals surface area contributed by atoms with E-state index in [1.165, 1.54) is 70.6 Å². The Morgan fingerprint density at radius 2 is 1.16 bits per heavy atom. The van der Waals surface area contributed by atoms with Crippen molar-refractivity contribution < 1.29 is 14.3 Å². The molecule has 1 N–H and O–H groups in total. The number of rotatable bonds is 19. The van der Waals surface area contributed by atoms with Crippen molar-refractivity contribution in [2.75, 3.05) is 11.9 Å². The number of unbranched alkanes of at least 4 members (excludes halogenated alkanes) is 13. The van der Waals surface area contributed by atoms with Gasteiger partial charge < -0.3 is 10.1 Å². The lowest BCUT2D eigenvalue weighted by Crippen LogP contribution is -2.11. The normalized spacial score (nSPS) is 10.8. The molecule has 1 amide bonds. The number of carbonyl (C=O) groups excluding carboxylic acids is 2. The Balaban J connectivity index is 2.12. The molecule has 176 valence electrons. The Hall–Kier alpha value is -1.84. The van der Waals surface area contributed by atoms with Gasteiger partial charge >= 0.3 is 5.97 Å². The first-order valence-electron chi connectivity index (χ1n) is 12.7. The molecule has 0 saturated carbocycles. The molecule has 0 bridgehead atoms. The highest BCUT2D eigenvalue weighted by Crippen LogP contribution is 2.14. The van der Waals surface area contributed by atoms with Gasteiger partial charge in [-0.1, -0.05) is 97.3 Å². The van der Waals surface area contributed by atoms with Gasteiger partial charge in [0.1, 0.15) is 0 Å². The van der Waals surface area contributed by atoms with E-state index in [0.29, 0.717) is 18.6 Å². The van der Waals surface area contributed by atoms with Crippen LogP contribution in [0.15, 0.2) is 24.3 Å². The quantitative estimate of drug-likeness (QED) is 0.178. The Morgan fingerprint density at radius 3 is 1.71 bits per heavy atom. The van der Waals surface area contributed by atoms with Crippen molar-refractivity contribution >= 4 is 17.6 Å². The summed E-state index contributed by atoms with van der Waals surface area (Å²) in [5.74, 6) is -0.248. The van der Waals surface area contributed by atoms with E-state index in [0.717, 1.165) is 31.4 Å². The zero-order valence-corrected chi connectivity index (χ0v) is 20.1. The van der Waals surface area contributed by atoms with Crippen molar-refractivity contribution in [3.63, 3.8) is 0 Å². The van der Waals surface area contributed by atoms with Crippen LogP contribution < -0.4 is 5.32 Å². The van der Waals surface area contributed by atoms with E-state index in [1.54, 1.807) is 24.3 Å². The molecule has 0 unspecified atom stereocenters. The van der Waals surface area contributed by atoms with Crippen LogP contribution in [0, 0.1) is 0 Å². The highest BCUT2D eigenvalue weighted by molar-refractivity contribution is 5.93. The summed E-state index contributed by atoms with van der Waals surface area (Å²) in [6.45, 7) is 4.93. The summed E-state index contributed by atoms with van der Waals surface area (Å²) in [6, 6.07) is 6.99. The second kappa shape index (κ2) is 18.9. The number of benzene rings is 1. The van der Waals surface area contributed by atoms with Gasteiger partial charge in [-0.25, -0.2) is 4.79 Å². The summed E-state index contributed by atoms with van der Waals surface area (Å²) < 4.78 is 5.37. The van der Waals surface area contributed by atoms with Crippen molar-refractivity contribution in [1.29, 1.82) is 0 Å². The molecule has 1 aromatic rings. The molecule has 0 spiro atoms. The van der Waals surface area contributed by atoms with Gasteiger partial charge in [-0.3, -0.25) is 4.79 Å². The predicted molar refractivity (Wildman–Crippen MR) is 131 cm³/mol. The van der Waals surface area contributed by atoms with Crippen LogP contribution in [0.2, 0.25) is 0 Å². The standard InChI is InChI=1S/C27H45NO3/c1-3-5-7-9-11-13-15-17-23-31-27(30)24-19-21-25(22-20-24)28-26(29)18-16-14-12-10-8-6-4-2/h19-22H,3-18,23H2,1-2H3,(H,28,29). The number of hydrogen-bond donors (Lipinski definition) is 1. The van der Waals surface area contributed by atoms with Crippen molar-refractivity contribution in [1.82, 2.24) is 0 Å². The van der Waals surface area contributed by atoms with Gasteiger partial charge in [0, 0.05) is 12.1 Å². The lowest BCUT2D eigenvalue weighted by atomic mass is 10.1. The molecule has 0 radical (unpaired) electrons. The smallest absolute Gasteiger partial charge is 0.338 e. The lowest BCUT2D eigenvalue weighted by Gasteiger charge is -2.08. The van der Waals surface area contributed by atoms with E-state index in [2.05, 4.69) is 19.2 Å². The largest absolute Gasteiger partial charge is 0.462 e. The molecular formula is C27H45NO3. The summed E-state index contributed by atoms with van der Waals surface area (Å²) in [6.07, 6.45) is 18.7. The van der Waals surface area contributed by atoms with Crippen LogP contribution in [-0.4, -0.2) is 18.5 Å². The topological polar surface area (TPSA) is 55.4 Å². The number of hydrogen-bond acceptors (Lipinski definition) is 3. The first kappa shape index (κ1) is 27.2. The zero-order valence-electron chi connectivity index (χ0n) is 20.1. The van der Waals surface area contributed by atoms with Gasteiger partial charge in [0.15, 0.2) is 0 Å². The number of amides is 1. The molecule has 1 rings (SSSR count). The summed E-state index contributed by atoms with van der Waals surface area (Å²) >= 11 is 0. The molecule has 4 heteroatoms. The van der Waals surface area contributed by atoms with Crippen LogP contribution >= 0.6 is 0 Å². The number of anilines is 1. The monoisotopic (exact) mass is 431 g/mol. The van der Waals surface area contributed by atoms with Crippen molar-refractivity contribution in [3.8, 4) is 0 Å². The number of nitrogens with one attached hydrogen (secondary N) is 1. The molecule has 0 heterocycles. The van der Waals surface area contributed by atoms with Crippen LogP contribution in [0.5, 0.6) is 0 Å². The lowest BCUT2D eigenvalue weighted by molar-refractivity contribution is -0.116. The average molecular weight is 432 g/mol. The van der Waals surface area contributed by atoms with Crippen LogP contribution in [-0.2, 0) is 9.53 Å². The molecule has 0 saturated heterocycles. The molecule has 0 atom stereocenters. The Kier molecular flexibility index (Phi) is 16.6. The summed E-state index contributed by atoms with van der Waals surface area (Å²) in [4.78, 5) is 24.2. The molecule has 0 aliphatic heterocycles. The van der Waals surface area contributed by atoms with Crippen molar-refractivity contribution in [2.45, 2.75) is 117 Å². The predicted octanol–water partition coefficient (Wildman–Crippen LogP) is 8.06. The molecule has 0 fully saturated rings.